The summed E-state index contributed by atoms with van der Waals surface area (Å²) in [6.07, 6.45) is 5.11. The van der Waals surface area contributed by atoms with Gasteiger partial charge in [-0.15, -0.1) is 0 Å². The Bertz CT molecular complexity index is 110. The monoisotopic (exact) mass is 144 g/mol. The Balaban J connectivity index is 3.09. The number of nitrogens with one attached hydrogen (secondary N) is 1. The van der Waals surface area contributed by atoms with E-state index in [1.54, 1.807) is 0 Å². The van der Waals surface area contributed by atoms with Crippen LogP contribution < -0.4 is 11.1 Å². The van der Waals surface area contributed by atoms with Gasteiger partial charge in [-0.2, -0.15) is 0 Å². The normalized spacial score (nSPS) is 9.89. The van der Waals surface area contributed by atoms with Crippen molar-refractivity contribution in [3.05, 3.63) is 12.2 Å². The van der Waals surface area contributed by atoms with E-state index < -0.39 is 0 Å². The molecule has 2 nitrogen and oxygen atoms in total. The van der Waals surface area contributed by atoms with Gasteiger partial charge >= 0.3 is 0 Å². The lowest BCUT2D eigenvalue weighted by Gasteiger charge is -1.95. The molecule has 0 amide bonds. The molecule has 52 valence electrons. The Hall–Kier alpha value is -0.570. The van der Waals surface area contributed by atoms with E-state index in [-0.39, 0.29) is 0 Å². The Kier molecular flexibility index (Phi) is 5.21. The maximum Gasteiger partial charge on any atom is 0.163 e. The van der Waals surface area contributed by atoms with Crippen LogP contribution in [-0.2, 0) is 0 Å². The van der Waals surface area contributed by atoms with E-state index in [1.165, 1.54) is 0 Å². The molecule has 0 aromatic heterocycles. The highest BCUT2D eigenvalue weighted by atomic mass is 32.1. The summed E-state index contributed by atoms with van der Waals surface area (Å²) in [5, 5.41) is 3.16. The van der Waals surface area contributed by atoms with Gasteiger partial charge in [0.15, 0.2) is 5.11 Å². The SMILES string of the molecule is CC/C=C/CNC(N)=S. The standard InChI is InChI=1S/C6H12N2S/c1-2-3-4-5-8-6(7)9/h3-4H,2,5H2,1H3,(H3,7,8,9)/b4-3+. The van der Waals surface area contributed by atoms with Crippen LogP contribution in [0.1, 0.15) is 13.3 Å². The van der Waals surface area contributed by atoms with Crippen molar-refractivity contribution in [3.63, 3.8) is 0 Å². The zero-order valence-corrected chi connectivity index (χ0v) is 6.37. The molecule has 0 atom stereocenters. The lowest BCUT2D eigenvalue weighted by Crippen LogP contribution is -2.28. The fourth-order valence-corrected chi connectivity index (χ4v) is 0.493. The molecule has 0 saturated heterocycles. The van der Waals surface area contributed by atoms with Crippen molar-refractivity contribution in [1.82, 2.24) is 5.32 Å². The van der Waals surface area contributed by atoms with Crippen LogP contribution >= 0.6 is 12.2 Å². The summed E-state index contributed by atoms with van der Waals surface area (Å²) in [6.45, 7) is 2.82. The average Bonchev–Trinajstić information content (AvgIpc) is 1.80. The molecule has 3 N–H and O–H groups in total. The van der Waals surface area contributed by atoms with Crippen LogP contribution in [-0.4, -0.2) is 11.7 Å². The highest BCUT2D eigenvalue weighted by Crippen LogP contribution is 1.76. The fraction of sp³-hybridized carbons (Fsp3) is 0.500. The van der Waals surface area contributed by atoms with E-state index in [0.29, 0.717) is 5.11 Å². The van der Waals surface area contributed by atoms with Crippen molar-refractivity contribution in [2.24, 2.45) is 5.73 Å². The lowest BCUT2D eigenvalue weighted by atomic mass is 10.4. The van der Waals surface area contributed by atoms with Gasteiger partial charge in [-0.3, -0.25) is 0 Å². The van der Waals surface area contributed by atoms with Gasteiger partial charge in [0.1, 0.15) is 0 Å². The van der Waals surface area contributed by atoms with Crippen molar-refractivity contribution in [2.75, 3.05) is 6.54 Å². The van der Waals surface area contributed by atoms with Gasteiger partial charge in [0.2, 0.25) is 0 Å². The highest BCUT2D eigenvalue weighted by Gasteiger charge is 1.78. The molecular formula is C6H12N2S. The quantitative estimate of drug-likeness (QED) is 0.454. The van der Waals surface area contributed by atoms with Gasteiger partial charge in [-0.1, -0.05) is 19.1 Å². The fourth-order valence-electron chi connectivity index (χ4n) is 0.410. The Morgan fingerprint density at radius 2 is 2.33 bits per heavy atom. The highest BCUT2D eigenvalue weighted by molar-refractivity contribution is 7.80. The first-order valence-corrected chi connectivity index (χ1v) is 3.36. The van der Waals surface area contributed by atoms with Crippen molar-refractivity contribution in [2.45, 2.75) is 13.3 Å². The van der Waals surface area contributed by atoms with Crippen LogP contribution in [0.3, 0.4) is 0 Å². The molecule has 3 heteroatoms. The maximum atomic E-state index is 5.16. The second-order valence-electron chi connectivity index (χ2n) is 1.62. The molecule has 0 saturated carbocycles. The molecule has 9 heavy (non-hydrogen) atoms. The molecule has 0 rings (SSSR count). The minimum absolute atomic E-state index is 0.357. The minimum Gasteiger partial charge on any atom is -0.376 e. The van der Waals surface area contributed by atoms with Gasteiger partial charge in [-0.05, 0) is 18.6 Å². The first kappa shape index (κ1) is 8.43. The predicted octanol–water partition coefficient (Wildman–Crippen LogP) is 0.786. The molecule has 0 unspecified atom stereocenters. The molecular weight excluding hydrogens is 132 g/mol. The van der Waals surface area contributed by atoms with Crippen LogP contribution in [0.25, 0.3) is 0 Å². The molecule has 0 fully saturated rings. The van der Waals surface area contributed by atoms with Crippen molar-refractivity contribution in [3.8, 4) is 0 Å². The third-order valence-corrected chi connectivity index (χ3v) is 0.941. The number of rotatable bonds is 3. The summed E-state index contributed by atoms with van der Waals surface area (Å²) in [6, 6.07) is 0. The summed E-state index contributed by atoms with van der Waals surface area (Å²) in [5.41, 5.74) is 5.16. The summed E-state index contributed by atoms with van der Waals surface area (Å²) in [7, 11) is 0. The van der Waals surface area contributed by atoms with Gasteiger partial charge < -0.3 is 11.1 Å². The van der Waals surface area contributed by atoms with Crippen molar-refractivity contribution < 1.29 is 0 Å². The molecule has 0 heterocycles. The topological polar surface area (TPSA) is 38.0 Å². The molecule has 0 spiro atoms. The van der Waals surface area contributed by atoms with Crippen LogP contribution in [0, 0.1) is 0 Å². The van der Waals surface area contributed by atoms with Crippen LogP contribution in [0.5, 0.6) is 0 Å². The molecule has 0 radical (unpaired) electrons. The van der Waals surface area contributed by atoms with Crippen LogP contribution in [0.2, 0.25) is 0 Å². The molecule has 0 aliphatic carbocycles. The second kappa shape index (κ2) is 5.56. The first-order chi connectivity index (χ1) is 4.27. The molecule has 0 aromatic rings. The predicted molar refractivity (Wildman–Crippen MR) is 44.2 cm³/mol. The summed E-state index contributed by atoms with van der Waals surface area (Å²) in [5.74, 6) is 0. The second-order valence-corrected chi connectivity index (χ2v) is 2.06. The van der Waals surface area contributed by atoms with Gasteiger partial charge in [-0.25, -0.2) is 0 Å². The zero-order chi connectivity index (χ0) is 7.11. The van der Waals surface area contributed by atoms with E-state index in [9.17, 15) is 0 Å². The first-order valence-electron chi connectivity index (χ1n) is 2.95. The van der Waals surface area contributed by atoms with Gasteiger partial charge in [0, 0.05) is 6.54 Å². The van der Waals surface area contributed by atoms with Crippen LogP contribution in [0.4, 0.5) is 0 Å². The van der Waals surface area contributed by atoms with E-state index in [4.69, 9.17) is 5.73 Å². The Morgan fingerprint density at radius 3 is 2.78 bits per heavy atom. The zero-order valence-electron chi connectivity index (χ0n) is 5.55. The molecule has 0 aliphatic heterocycles. The van der Waals surface area contributed by atoms with Crippen LogP contribution in [0.15, 0.2) is 12.2 Å². The number of allylic oxidation sites excluding steroid dienone is 1. The minimum atomic E-state index is 0.357. The lowest BCUT2D eigenvalue weighted by molar-refractivity contribution is 1.04. The molecule has 0 aliphatic rings. The maximum absolute atomic E-state index is 5.16. The van der Waals surface area contributed by atoms with E-state index in [2.05, 4.69) is 30.5 Å². The largest absolute Gasteiger partial charge is 0.376 e. The van der Waals surface area contributed by atoms with Gasteiger partial charge in [0.05, 0.1) is 0 Å². The van der Waals surface area contributed by atoms with E-state index in [1.807, 2.05) is 6.08 Å². The Labute approximate surface area is 61.1 Å². The number of hydrogen-bond donors (Lipinski definition) is 2. The number of thiocarbonyl (C=S) groups is 1. The average molecular weight is 144 g/mol. The third-order valence-electron chi connectivity index (χ3n) is 0.797. The summed E-state index contributed by atoms with van der Waals surface area (Å²) in [4.78, 5) is 0. The van der Waals surface area contributed by atoms with Gasteiger partial charge in [0.25, 0.3) is 0 Å². The summed E-state index contributed by atoms with van der Waals surface area (Å²) < 4.78 is 0. The summed E-state index contributed by atoms with van der Waals surface area (Å²) >= 11 is 4.58. The molecule has 0 aromatic carbocycles. The van der Waals surface area contributed by atoms with Crippen molar-refractivity contribution in [1.29, 1.82) is 0 Å². The Morgan fingerprint density at radius 1 is 1.67 bits per heavy atom. The van der Waals surface area contributed by atoms with E-state index in [0.717, 1.165) is 13.0 Å². The smallest absolute Gasteiger partial charge is 0.163 e. The van der Waals surface area contributed by atoms with E-state index >= 15 is 0 Å². The third kappa shape index (κ3) is 7.43. The molecule has 0 bridgehead atoms. The number of hydrogen-bond acceptors (Lipinski definition) is 1. The number of nitrogens with two attached hydrogens (primary N) is 1. The van der Waals surface area contributed by atoms with Crippen molar-refractivity contribution >= 4 is 17.3 Å².